The number of thiocarbonyl (C=S) groups is 1. The molecule has 2 aromatic carbocycles. The van der Waals surface area contributed by atoms with Crippen molar-refractivity contribution in [3.8, 4) is 0 Å². The summed E-state index contributed by atoms with van der Waals surface area (Å²) < 4.78 is 0.932. The number of aryl methyl sites for hydroxylation is 1. The van der Waals surface area contributed by atoms with E-state index in [1.807, 2.05) is 31.2 Å². The van der Waals surface area contributed by atoms with E-state index >= 15 is 0 Å². The van der Waals surface area contributed by atoms with Gasteiger partial charge in [0.1, 0.15) is 0 Å². The van der Waals surface area contributed by atoms with E-state index in [1.54, 1.807) is 6.07 Å². The first-order chi connectivity index (χ1) is 9.95. The maximum Gasteiger partial charge on any atom is 0.271 e. The molecule has 21 heavy (non-hydrogen) atoms. The van der Waals surface area contributed by atoms with E-state index in [0.717, 1.165) is 15.7 Å². The predicted molar refractivity (Wildman–Crippen MR) is 91.8 cm³/mol. The molecular weight excluding hydrogens is 354 g/mol. The Balaban J connectivity index is 2.12. The van der Waals surface area contributed by atoms with Crippen molar-refractivity contribution in [2.24, 2.45) is 0 Å². The van der Waals surface area contributed by atoms with Gasteiger partial charge < -0.3 is 10.6 Å². The molecule has 0 heterocycles. The number of hydrogen-bond donors (Lipinski definition) is 2. The van der Waals surface area contributed by atoms with Crippen molar-refractivity contribution in [2.75, 3.05) is 10.6 Å². The van der Waals surface area contributed by atoms with Crippen molar-refractivity contribution in [3.63, 3.8) is 0 Å². The highest BCUT2D eigenvalue weighted by atomic mass is 79.9. The van der Waals surface area contributed by atoms with Crippen LogP contribution in [0.2, 0.25) is 0 Å². The first-order valence-electron chi connectivity index (χ1n) is 6.04. The first-order valence-corrected chi connectivity index (χ1v) is 7.24. The molecule has 0 saturated carbocycles. The number of rotatable bonds is 3. The summed E-state index contributed by atoms with van der Waals surface area (Å²) in [5.41, 5.74) is 2.33. The molecule has 0 aliphatic heterocycles. The van der Waals surface area contributed by atoms with Crippen molar-refractivity contribution in [1.82, 2.24) is 0 Å². The van der Waals surface area contributed by atoms with Gasteiger partial charge >= 0.3 is 0 Å². The second kappa shape index (κ2) is 6.64. The zero-order valence-electron chi connectivity index (χ0n) is 11.1. The molecule has 2 N–H and O–H groups in total. The molecule has 0 aliphatic carbocycles. The van der Waals surface area contributed by atoms with Crippen LogP contribution >= 0.6 is 28.1 Å². The number of anilines is 2. The highest BCUT2D eigenvalue weighted by molar-refractivity contribution is 9.10. The Morgan fingerprint density at radius 2 is 2.00 bits per heavy atom. The lowest BCUT2D eigenvalue weighted by Gasteiger charge is -2.12. The minimum Gasteiger partial charge on any atom is -0.332 e. The van der Waals surface area contributed by atoms with Crippen LogP contribution in [0.5, 0.6) is 0 Å². The van der Waals surface area contributed by atoms with Crippen LogP contribution in [-0.2, 0) is 0 Å². The van der Waals surface area contributed by atoms with Gasteiger partial charge in [0.2, 0.25) is 0 Å². The summed E-state index contributed by atoms with van der Waals surface area (Å²) in [6.07, 6.45) is 0. The molecule has 0 saturated heterocycles. The highest BCUT2D eigenvalue weighted by Crippen LogP contribution is 2.22. The predicted octanol–water partition coefficient (Wildman–Crippen LogP) is 4.47. The topological polar surface area (TPSA) is 67.2 Å². The van der Waals surface area contributed by atoms with Crippen LogP contribution in [0, 0.1) is 17.0 Å². The fourth-order valence-corrected chi connectivity index (χ4v) is 2.34. The Labute approximate surface area is 135 Å². The largest absolute Gasteiger partial charge is 0.332 e. The summed E-state index contributed by atoms with van der Waals surface area (Å²) in [6.45, 7) is 1.85. The van der Waals surface area contributed by atoms with Crippen LogP contribution in [0.3, 0.4) is 0 Å². The fourth-order valence-electron chi connectivity index (χ4n) is 1.71. The lowest BCUT2D eigenvalue weighted by atomic mass is 10.2. The van der Waals surface area contributed by atoms with Gasteiger partial charge in [0, 0.05) is 28.0 Å². The van der Waals surface area contributed by atoms with E-state index in [-0.39, 0.29) is 5.69 Å². The van der Waals surface area contributed by atoms with Crippen molar-refractivity contribution >= 4 is 50.3 Å². The van der Waals surface area contributed by atoms with E-state index in [0.29, 0.717) is 10.8 Å². The van der Waals surface area contributed by atoms with Gasteiger partial charge in [-0.05, 0) is 42.9 Å². The molecule has 0 atom stereocenters. The first kappa shape index (κ1) is 15.4. The summed E-state index contributed by atoms with van der Waals surface area (Å²) in [5, 5.41) is 17.2. The van der Waals surface area contributed by atoms with E-state index in [4.69, 9.17) is 12.2 Å². The normalized spacial score (nSPS) is 10.0. The molecule has 2 aromatic rings. The molecule has 2 rings (SSSR count). The number of halogens is 1. The fraction of sp³-hybridized carbons (Fsp3) is 0.0714. The monoisotopic (exact) mass is 365 g/mol. The molecule has 0 aromatic heterocycles. The third-order valence-corrected chi connectivity index (χ3v) is 3.46. The number of nitro benzene ring substituents is 1. The standard InChI is InChI=1S/C14H12BrN3O2S/c1-9-5-6-12(18(19)20)8-13(9)17-14(21)16-11-4-2-3-10(15)7-11/h2-8H,1H3,(H2,16,17,21). The van der Waals surface area contributed by atoms with Gasteiger partial charge in [0.15, 0.2) is 5.11 Å². The van der Waals surface area contributed by atoms with Crippen LogP contribution in [0.4, 0.5) is 17.1 Å². The van der Waals surface area contributed by atoms with Gasteiger partial charge in [-0.3, -0.25) is 10.1 Å². The Hall–Kier alpha value is -1.99. The second-order valence-corrected chi connectivity index (χ2v) is 5.67. The summed E-state index contributed by atoms with van der Waals surface area (Å²) >= 11 is 8.60. The minimum atomic E-state index is -0.435. The Morgan fingerprint density at radius 3 is 2.67 bits per heavy atom. The van der Waals surface area contributed by atoms with Crippen LogP contribution in [0.1, 0.15) is 5.56 Å². The number of non-ortho nitro benzene ring substituents is 1. The zero-order chi connectivity index (χ0) is 15.4. The molecule has 7 heteroatoms. The Morgan fingerprint density at radius 1 is 1.24 bits per heavy atom. The molecule has 0 radical (unpaired) electrons. The molecule has 0 fully saturated rings. The van der Waals surface area contributed by atoms with Gasteiger partial charge in [-0.15, -0.1) is 0 Å². The average Bonchev–Trinajstić information content (AvgIpc) is 2.41. The number of nitrogens with one attached hydrogen (secondary N) is 2. The van der Waals surface area contributed by atoms with Gasteiger partial charge in [-0.25, -0.2) is 0 Å². The maximum absolute atomic E-state index is 10.8. The second-order valence-electron chi connectivity index (χ2n) is 4.35. The lowest BCUT2D eigenvalue weighted by molar-refractivity contribution is -0.384. The summed E-state index contributed by atoms with van der Waals surface area (Å²) in [4.78, 5) is 10.4. The number of hydrogen-bond acceptors (Lipinski definition) is 3. The van der Waals surface area contributed by atoms with Crippen LogP contribution in [0.25, 0.3) is 0 Å². The summed E-state index contributed by atoms with van der Waals surface area (Å²) in [6, 6.07) is 12.2. The SMILES string of the molecule is Cc1ccc([N+](=O)[O-])cc1NC(=S)Nc1cccc(Br)c1. The summed E-state index contributed by atoms with van der Waals surface area (Å²) in [5.74, 6) is 0. The van der Waals surface area contributed by atoms with Crippen molar-refractivity contribution in [1.29, 1.82) is 0 Å². The third kappa shape index (κ3) is 4.24. The van der Waals surface area contributed by atoms with Gasteiger partial charge in [-0.2, -0.15) is 0 Å². The Bertz CT molecular complexity index is 706. The van der Waals surface area contributed by atoms with Gasteiger partial charge in [-0.1, -0.05) is 28.1 Å². The van der Waals surface area contributed by atoms with E-state index in [9.17, 15) is 10.1 Å². The van der Waals surface area contributed by atoms with Crippen LogP contribution in [0.15, 0.2) is 46.9 Å². The number of nitrogens with zero attached hydrogens (tertiary/aromatic N) is 1. The molecule has 0 amide bonds. The third-order valence-electron chi connectivity index (χ3n) is 2.76. The van der Waals surface area contributed by atoms with E-state index in [1.165, 1.54) is 12.1 Å². The van der Waals surface area contributed by atoms with Crippen molar-refractivity contribution < 1.29 is 4.92 Å². The highest BCUT2D eigenvalue weighted by Gasteiger charge is 2.09. The summed E-state index contributed by atoms with van der Waals surface area (Å²) in [7, 11) is 0. The number of benzene rings is 2. The van der Waals surface area contributed by atoms with Gasteiger partial charge in [0.25, 0.3) is 5.69 Å². The lowest BCUT2D eigenvalue weighted by Crippen LogP contribution is -2.19. The van der Waals surface area contributed by atoms with Gasteiger partial charge in [0.05, 0.1) is 4.92 Å². The molecular formula is C14H12BrN3O2S. The van der Waals surface area contributed by atoms with Crippen molar-refractivity contribution in [3.05, 3.63) is 62.6 Å². The molecule has 108 valence electrons. The zero-order valence-corrected chi connectivity index (χ0v) is 13.5. The quantitative estimate of drug-likeness (QED) is 0.477. The smallest absolute Gasteiger partial charge is 0.271 e. The molecule has 0 aliphatic rings. The maximum atomic E-state index is 10.8. The average molecular weight is 366 g/mol. The molecule has 5 nitrogen and oxygen atoms in total. The van der Waals surface area contributed by atoms with Crippen LogP contribution in [-0.4, -0.2) is 10.0 Å². The minimum absolute atomic E-state index is 0.0216. The molecule has 0 unspecified atom stereocenters. The van der Waals surface area contributed by atoms with E-state index < -0.39 is 4.92 Å². The van der Waals surface area contributed by atoms with Crippen LogP contribution < -0.4 is 10.6 Å². The van der Waals surface area contributed by atoms with Crippen molar-refractivity contribution in [2.45, 2.75) is 6.92 Å². The molecule has 0 spiro atoms. The molecule has 0 bridgehead atoms. The Kier molecular flexibility index (Phi) is 4.87. The van der Waals surface area contributed by atoms with E-state index in [2.05, 4.69) is 26.6 Å². The number of nitro groups is 1.